The average Bonchev–Trinajstić information content (AvgIpc) is 2.43. The molecule has 0 aliphatic carbocycles. The van der Waals surface area contributed by atoms with Crippen LogP contribution in [0, 0.1) is 5.82 Å². The average molecular weight is 290 g/mol. The number of carbonyl (C=O) groups is 2. The maximum absolute atomic E-state index is 13.6. The molecule has 0 fully saturated rings. The fourth-order valence-electron chi connectivity index (χ4n) is 1.30. The molecule has 0 heterocycles. The molecule has 5 nitrogen and oxygen atoms in total. The van der Waals surface area contributed by atoms with Crippen LogP contribution in [0.4, 0.5) is 4.39 Å². The van der Waals surface area contributed by atoms with Gasteiger partial charge in [-0.2, -0.15) is 0 Å². The molecule has 0 aliphatic heterocycles. The Morgan fingerprint density at radius 2 is 2.11 bits per heavy atom. The van der Waals surface area contributed by atoms with Crippen LogP contribution in [0.2, 0.25) is 0 Å². The zero-order valence-corrected chi connectivity index (χ0v) is 11.2. The van der Waals surface area contributed by atoms with E-state index in [9.17, 15) is 14.0 Å². The van der Waals surface area contributed by atoms with Gasteiger partial charge in [-0.05, 0) is 12.1 Å². The Kier molecular flexibility index (Phi) is 5.57. The number of alkyl halides is 1. The quantitative estimate of drug-likeness (QED) is 0.656. The molecule has 7 heteroatoms. The molecule has 0 aromatic heterocycles. The standard InChI is InChI=1S/C12H13ClFNO4/c1-18-7-3-4-8(10(14)5-7)11(16)15-6-9(13)12(17)19-2/h3-5,9H,6H2,1-2H3,(H,15,16). The van der Waals surface area contributed by atoms with Crippen LogP contribution >= 0.6 is 11.6 Å². The van der Waals surface area contributed by atoms with Gasteiger partial charge in [-0.1, -0.05) is 0 Å². The van der Waals surface area contributed by atoms with E-state index < -0.39 is 23.1 Å². The molecule has 1 unspecified atom stereocenters. The summed E-state index contributed by atoms with van der Waals surface area (Å²) < 4.78 is 22.8. The minimum atomic E-state index is -1.02. The number of hydrogen-bond donors (Lipinski definition) is 1. The van der Waals surface area contributed by atoms with Crippen molar-refractivity contribution in [1.29, 1.82) is 0 Å². The largest absolute Gasteiger partial charge is 0.497 e. The van der Waals surface area contributed by atoms with E-state index in [-0.39, 0.29) is 12.1 Å². The molecule has 1 atom stereocenters. The molecule has 0 radical (unpaired) electrons. The lowest BCUT2D eigenvalue weighted by atomic mass is 10.2. The van der Waals surface area contributed by atoms with Gasteiger partial charge < -0.3 is 14.8 Å². The lowest BCUT2D eigenvalue weighted by Crippen LogP contribution is -2.34. The number of rotatable bonds is 5. The highest BCUT2D eigenvalue weighted by Gasteiger charge is 2.18. The minimum Gasteiger partial charge on any atom is -0.497 e. The van der Waals surface area contributed by atoms with Crippen molar-refractivity contribution in [3.05, 3.63) is 29.6 Å². The van der Waals surface area contributed by atoms with Crippen molar-refractivity contribution in [3.63, 3.8) is 0 Å². The second-order valence-electron chi connectivity index (χ2n) is 3.55. The lowest BCUT2D eigenvalue weighted by Gasteiger charge is -2.10. The van der Waals surface area contributed by atoms with Crippen LogP contribution in [0.3, 0.4) is 0 Å². The Morgan fingerprint density at radius 3 is 2.63 bits per heavy atom. The summed E-state index contributed by atoms with van der Waals surface area (Å²) in [5, 5.41) is 1.32. The third kappa shape index (κ3) is 4.10. The molecular weight excluding hydrogens is 277 g/mol. The third-order valence-corrected chi connectivity index (χ3v) is 2.65. The fraction of sp³-hybridized carbons (Fsp3) is 0.333. The van der Waals surface area contributed by atoms with E-state index in [0.29, 0.717) is 5.75 Å². The van der Waals surface area contributed by atoms with Crippen molar-refractivity contribution >= 4 is 23.5 Å². The van der Waals surface area contributed by atoms with Gasteiger partial charge in [-0.25, -0.2) is 4.39 Å². The highest BCUT2D eigenvalue weighted by Crippen LogP contribution is 2.16. The van der Waals surface area contributed by atoms with Crippen molar-refractivity contribution in [3.8, 4) is 5.75 Å². The molecule has 0 saturated carbocycles. The third-order valence-electron chi connectivity index (χ3n) is 2.32. The number of hydrogen-bond acceptors (Lipinski definition) is 4. The number of amides is 1. The van der Waals surface area contributed by atoms with Gasteiger partial charge in [0.1, 0.15) is 16.9 Å². The van der Waals surface area contributed by atoms with Crippen molar-refractivity contribution in [2.45, 2.75) is 5.38 Å². The molecule has 104 valence electrons. The maximum atomic E-state index is 13.6. The number of nitrogens with one attached hydrogen (secondary N) is 1. The summed E-state index contributed by atoms with van der Waals surface area (Å²) in [6.45, 7) is -0.154. The molecule has 0 saturated heterocycles. The summed E-state index contributed by atoms with van der Waals surface area (Å²) in [4.78, 5) is 22.7. The molecule has 1 rings (SSSR count). The van der Waals surface area contributed by atoms with Crippen molar-refractivity contribution in [1.82, 2.24) is 5.32 Å². The van der Waals surface area contributed by atoms with E-state index in [0.717, 1.165) is 6.07 Å². The number of esters is 1. The van der Waals surface area contributed by atoms with Crippen LogP contribution in [0.1, 0.15) is 10.4 Å². The second-order valence-corrected chi connectivity index (χ2v) is 4.07. The molecule has 1 amide bonds. The second kappa shape index (κ2) is 6.94. The maximum Gasteiger partial charge on any atom is 0.325 e. The van der Waals surface area contributed by atoms with Gasteiger partial charge in [-0.15, -0.1) is 11.6 Å². The van der Waals surface area contributed by atoms with E-state index in [1.54, 1.807) is 0 Å². The normalized spacial score (nSPS) is 11.6. The predicted octanol–water partition coefficient (Wildman–Crippen LogP) is 1.34. The van der Waals surface area contributed by atoms with Gasteiger partial charge in [-0.3, -0.25) is 9.59 Å². The van der Waals surface area contributed by atoms with Crippen LogP contribution < -0.4 is 10.1 Å². The summed E-state index contributed by atoms with van der Waals surface area (Å²) >= 11 is 5.65. The first-order chi connectivity index (χ1) is 8.99. The Bertz CT molecular complexity index is 481. The number of halogens is 2. The summed E-state index contributed by atoms with van der Waals surface area (Å²) in [6.07, 6.45) is 0. The Morgan fingerprint density at radius 1 is 1.42 bits per heavy atom. The van der Waals surface area contributed by atoms with Gasteiger partial charge in [0.25, 0.3) is 5.91 Å². The first-order valence-corrected chi connectivity index (χ1v) is 5.77. The van der Waals surface area contributed by atoms with Crippen LogP contribution in [-0.2, 0) is 9.53 Å². The fourth-order valence-corrected chi connectivity index (χ4v) is 1.46. The molecule has 0 bridgehead atoms. The van der Waals surface area contributed by atoms with E-state index in [1.165, 1.54) is 26.4 Å². The Labute approximate surface area is 114 Å². The van der Waals surface area contributed by atoms with Crippen molar-refractivity contribution in [2.24, 2.45) is 0 Å². The van der Waals surface area contributed by atoms with E-state index in [1.807, 2.05) is 0 Å². The van der Waals surface area contributed by atoms with Crippen LogP contribution in [0.15, 0.2) is 18.2 Å². The summed E-state index contributed by atoms with van der Waals surface area (Å²) in [5.74, 6) is -1.76. The Hall–Kier alpha value is -1.82. The molecule has 1 aromatic carbocycles. The van der Waals surface area contributed by atoms with Crippen molar-refractivity contribution < 1.29 is 23.5 Å². The summed E-state index contributed by atoms with van der Waals surface area (Å²) in [7, 11) is 2.58. The lowest BCUT2D eigenvalue weighted by molar-refractivity contribution is -0.140. The predicted molar refractivity (Wildman–Crippen MR) is 66.9 cm³/mol. The van der Waals surface area contributed by atoms with Gasteiger partial charge in [0.05, 0.1) is 19.8 Å². The molecular formula is C12H13ClFNO4. The molecule has 19 heavy (non-hydrogen) atoms. The SMILES string of the molecule is COC(=O)C(Cl)CNC(=O)c1ccc(OC)cc1F. The van der Waals surface area contributed by atoms with Gasteiger partial charge in [0.15, 0.2) is 0 Å². The van der Waals surface area contributed by atoms with Gasteiger partial charge in [0, 0.05) is 12.6 Å². The zero-order valence-electron chi connectivity index (χ0n) is 10.4. The highest BCUT2D eigenvalue weighted by molar-refractivity contribution is 6.30. The monoisotopic (exact) mass is 289 g/mol. The molecule has 0 spiro atoms. The zero-order chi connectivity index (χ0) is 14.4. The molecule has 1 N–H and O–H groups in total. The number of methoxy groups -OCH3 is 2. The van der Waals surface area contributed by atoms with Crippen LogP contribution in [0.25, 0.3) is 0 Å². The topological polar surface area (TPSA) is 64.6 Å². The van der Waals surface area contributed by atoms with E-state index >= 15 is 0 Å². The van der Waals surface area contributed by atoms with Gasteiger partial charge in [0.2, 0.25) is 0 Å². The highest BCUT2D eigenvalue weighted by atomic mass is 35.5. The van der Waals surface area contributed by atoms with Gasteiger partial charge >= 0.3 is 5.97 Å². The van der Waals surface area contributed by atoms with Crippen LogP contribution in [-0.4, -0.2) is 38.0 Å². The number of ether oxygens (including phenoxy) is 2. The first-order valence-electron chi connectivity index (χ1n) is 5.33. The number of carbonyl (C=O) groups excluding carboxylic acids is 2. The molecule has 0 aliphatic rings. The van der Waals surface area contributed by atoms with Crippen LogP contribution in [0.5, 0.6) is 5.75 Å². The minimum absolute atomic E-state index is 0.154. The van der Waals surface area contributed by atoms with Crippen molar-refractivity contribution in [2.75, 3.05) is 20.8 Å². The van der Waals surface area contributed by atoms with E-state index in [2.05, 4.69) is 10.1 Å². The summed E-state index contributed by atoms with van der Waals surface area (Å²) in [5.41, 5.74) is -0.158. The summed E-state index contributed by atoms with van der Waals surface area (Å²) in [6, 6.07) is 3.83. The Balaban J connectivity index is 2.66. The smallest absolute Gasteiger partial charge is 0.325 e. The van der Waals surface area contributed by atoms with E-state index in [4.69, 9.17) is 16.3 Å². The number of benzene rings is 1. The first kappa shape index (κ1) is 15.2. The molecule has 1 aromatic rings.